The van der Waals surface area contributed by atoms with E-state index in [0.29, 0.717) is 17.7 Å². The second kappa shape index (κ2) is 21.8. The fourth-order valence-corrected chi connectivity index (χ4v) is 16.6. The highest BCUT2D eigenvalue weighted by Crippen LogP contribution is 2.43. The lowest BCUT2D eigenvalue weighted by atomic mass is 10.0. The minimum absolute atomic E-state index is 0.520. The average Bonchev–Trinajstić information content (AvgIpc) is 1.58. The van der Waals surface area contributed by atoms with Crippen molar-refractivity contribution < 1.29 is 0 Å². The van der Waals surface area contributed by atoms with Gasteiger partial charge in [0.15, 0.2) is 5.82 Å². The van der Waals surface area contributed by atoms with Gasteiger partial charge in [0.25, 0.3) is 0 Å². The van der Waals surface area contributed by atoms with Crippen molar-refractivity contribution in [2.45, 2.75) is 0 Å². The number of aromatic nitrogens is 10. The van der Waals surface area contributed by atoms with Crippen molar-refractivity contribution in [3.05, 3.63) is 340 Å². The monoisotopic (exact) mass is 1300 g/mol. The lowest BCUT2D eigenvalue weighted by Gasteiger charge is -2.15. The number of hydrogen-bond acceptors (Lipinski definition) is 4. The molecule has 0 aliphatic heterocycles. The molecule has 0 spiro atoms. The molecule has 0 radical (unpaired) electrons. The van der Waals surface area contributed by atoms with E-state index < -0.39 is 0 Å². The van der Waals surface area contributed by atoms with Gasteiger partial charge >= 0.3 is 0 Å². The first kappa shape index (κ1) is 56.1. The van der Waals surface area contributed by atoms with Gasteiger partial charge in [-0.05, 0) is 156 Å². The predicted octanol–water partition coefficient (Wildman–Crippen LogP) is 22.9. The highest BCUT2D eigenvalue weighted by atomic mass is 15.3. The van der Waals surface area contributed by atoms with E-state index >= 15 is 0 Å². The van der Waals surface area contributed by atoms with Gasteiger partial charge in [-0.25, -0.2) is 4.98 Å². The number of nitrogens with zero attached hydrogens (tertiary/aromatic N) is 10. The Morgan fingerprint density at radius 1 is 0.157 bits per heavy atom. The summed E-state index contributed by atoms with van der Waals surface area (Å²) >= 11 is 0. The molecule has 22 aromatic rings. The van der Waals surface area contributed by atoms with Gasteiger partial charge in [0, 0.05) is 81.6 Å². The zero-order valence-corrected chi connectivity index (χ0v) is 54.8. The summed E-state index contributed by atoms with van der Waals surface area (Å²) in [6, 6.07) is 122. The van der Waals surface area contributed by atoms with Crippen LogP contribution < -0.4 is 0 Å². The van der Waals surface area contributed by atoms with Crippen LogP contribution in [0.15, 0.2) is 340 Å². The van der Waals surface area contributed by atoms with Crippen LogP contribution in [0.2, 0.25) is 0 Å². The quantitative estimate of drug-likeness (QED) is 0.144. The number of pyridine rings is 1. The highest BCUT2D eigenvalue weighted by molar-refractivity contribution is 6.15. The molecule has 0 aliphatic rings. The van der Waals surface area contributed by atoms with Crippen molar-refractivity contribution in [2.75, 3.05) is 0 Å². The van der Waals surface area contributed by atoms with Crippen molar-refractivity contribution >= 4 is 131 Å². The maximum atomic E-state index is 5.75. The molecule has 0 fully saturated rings. The molecular weight excluding hydrogens is 1250 g/mol. The van der Waals surface area contributed by atoms with Gasteiger partial charge in [0.1, 0.15) is 11.6 Å². The molecule has 0 saturated carbocycles. The lowest BCUT2D eigenvalue weighted by molar-refractivity contribution is 0.893. The highest BCUT2D eigenvalue weighted by Gasteiger charge is 2.25. The number of para-hydroxylation sites is 10. The average molecular weight is 1300 g/mol. The molecule has 102 heavy (non-hydrogen) atoms. The molecule has 0 aliphatic carbocycles. The van der Waals surface area contributed by atoms with Gasteiger partial charge < -0.3 is 9.13 Å². The molecule has 0 bridgehead atoms. The largest absolute Gasteiger partial charge is 0.309 e. The number of hydrogen-bond donors (Lipinski definition) is 0. The third kappa shape index (κ3) is 8.29. The van der Waals surface area contributed by atoms with Crippen LogP contribution in [0.25, 0.3) is 199 Å². The van der Waals surface area contributed by atoms with Crippen LogP contribution in [0, 0.1) is 0 Å². The minimum atomic E-state index is 0.520. The summed E-state index contributed by atoms with van der Waals surface area (Å²) in [7, 11) is 0. The Labute approximate surface area is 583 Å². The van der Waals surface area contributed by atoms with Gasteiger partial charge in [0.05, 0.1) is 66.2 Å². The van der Waals surface area contributed by atoms with Gasteiger partial charge in [-0.2, -0.15) is 15.0 Å². The van der Waals surface area contributed by atoms with Crippen molar-refractivity contribution in [2.24, 2.45) is 0 Å². The summed E-state index contributed by atoms with van der Waals surface area (Å²) in [5.41, 5.74) is 20.4. The van der Waals surface area contributed by atoms with Gasteiger partial charge in [-0.1, -0.05) is 206 Å². The van der Waals surface area contributed by atoms with E-state index in [0.717, 1.165) is 138 Å². The molecule has 474 valence electrons. The Balaban J connectivity index is 0.695. The standard InChI is InChI=1S/C92H56N10/c1-11-31-76-64(21-1)65-22-2-12-32-77(65)97(76)62-47-41-57(42-48-62)61-55-88(99-80-35-15-5-25-68(80)69-26-6-16-36-81(69)99)93-89(56-61)100-82-37-17-9-29-72(82)74-53-59(45-51-86(74)100)60-46-52-87-75(54-60)73-30-10-20-40-85(73)102(87)92-95-90(94-91(96-92)101-83-38-18-7-27-70(83)71-28-8-19-39-84(71)101)58-43-49-63(50-44-58)98-78-33-13-3-23-66(78)67-24-4-14-34-79(67)98/h1-56H. The molecule has 10 heteroatoms. The second-order valence-electron chi connectivity index (χ2n) is 26.6. The number of rotatable bonds is 9. The fourth-order valence-electron chi connectivity index (χ4n) is 16.6. The van der Waals surface area contributed by atoms with Crippen LogP contribution in [-0.4, -0.2) is 47.3 Å². The van der Waals surface area contributed by atoms with Crippen molar-refractivity contribution in [3.8, 4) is 68.5 Å². The summed E-state index contributed by atoms with van der Waals surface area (Å²) in [5, 5.41) is 14.0. The van der Waals surface area contributed by atoms with E-state index in [1.165, 1.54) is 43.4 Å². The molecular formula is C92H56N10. The first-order valence-corrected chi connectivity index (χ1v) is 34.6. The van der Waals surface area contributed by atoms with E-state index in [9.17, 15) is 0 Å². The summed E-state index contributed by atoms with van der Waals surface area (Å²) in [6.07, 6.45) is 0. The Bertz CT molecular complexity index is 6610. The molecule has 8 heterocycles. The zero-order valence-electron chi connectivity index (χ0n) is 54.8. The van der Waals surface area contributed by atoms with E-state index in [4.69, 9.17) is 19.9 Å². The fraction of sp³-hybridized carbons (Fsp3) is 0. The van der Waals surface area contributed by atoms with Crippen molar-refractivity contribution in [3.63, 3.8) is 0 Å². The second-order valence-corrected chi connectivity index (χ2v) is 26.6. The maximum Gasteiger partial charge on any atom is 0.240 e. The molecule has 0 atom stereocenters. The van der Waals surface area contributed by atoms with Crippen LogP contribution in [0.4, 0.5) is 0 Å². The minimum Gasteiger partial charge on any atom is -0.309 e. The SMILES string of the molecule is c1ccc2c(c1)c1ccccc1n2-c1ccc(-c2cc(-n3c4ccccc4c4ccccc43)nc(-n3c4ccccc4c4cc(-c5ccc6c(c5)c5ccccc5n6-c5nc(-c6ccc(-n7c8ccccc8c8ccccc87)cc6)nc(-n6c7ccccc7c7ccccc76)n5)ccc43)c2)cc1. The van der Waals surface area contributed by atoms with Crippen LogP contribution >= 0.6 is 0 Å². The molecule has 0 amide bonds. The smallest absolute Gasteiger partial charge is 0.240 e. The molecule has 0 unspecified atom stereocenters. The van der Waals surface area contributed by atoms with Gasteiger partial charge in [0.2, 0.25) is 11.9 Å². The zero-order chi connectivity index (χ0) is 66.7. The molecule has 0 N–H and O–H groups in total. The van der Waals surface area contributed by atoms with Gasteiger partial charge in [-0.15, -0.1) is 0 Å². The van der Waals surface area contributed by atoms with E-state index in [1.807, 2.05) is 0 Å². The van der Waals surface area contributed by atoms with Crippen LogP contribution in [0.3, 0.4) is 0 Å². The lowest BCUT2D eigenvalue weighted by Crippen LogP contribution is -2.10. The Kier molecular flexibility index (Phi) is 12.0. The molecule has 0 saturated heterocycles. The van der Waals surface area contributed by atoms with Crippen molar-refractivity contribution in [1.82, 2.24) is 47.3 Å². The third-order valence-electron chi connectivity index (χ3n) is 21.1. The third-order valence-corrected chi connectivity index (χ3v) is 21.1. The topological polar surface area (TPSA) is 81.1 Å². The summed E-state index contributed by atoms with van der Waals surface area (Å²) in [4.78, 5) is 22.2. The maximum absolute atomic E-state index is 5.75. The van der Waals surface area contributed by atoms with Crippen LogP contribution in [0.1, 0.15) is 0 Å². The first-order valence-electron chi connectivity index (χ1n) is 34.6. The van der Waals surface area contributed by atoms with E-state index in [-0.39, 0.29) is 0 Å². The predicted molar refractivity (Wildman–Crippen MR) is 420 cm³/mol. The summed E-state index contributed by atoms with van der Waals surface area (Å²) in [5.74, 6) is 3.28. The molecule has 10 nitrogen and oxygen atoms in total. The van der Waals surface area contributed by atoms with Crippen molar-refractivity contribution in [1.29, 1.82) is 0 Å². The molecule has 8 aromatic heterocycles. The number of fused-ring (bicyclic) bond motifs is 18. The van der Waals surface area contributed by atoms with Crippen LogP contribution in [0.5, 0.6) is 0 Å². The molecule has 14 aromatic carbocycles. The molecule has 22 rings (SSSR count). The number of benzene rings is 14. The first-order chi connectivity index (χ1) is 50.6. The Morgan fingerprint density at radius 2 is 0.402 bits per heavy atom. The summed E-state index contributed by atoms with van der Waals surface area (Å²) in [6.45, 7) is 0. The van der Waals surface area contributed by atoms with E-state index in [2.05, 4.69) is 367 Å². The normalized spacial score (nSPS) is 12.1. The summed E-state index contributed by atoms with van der Waals surface area (Å²) < 4.78 is 13.8. The Hall–Kier alpha value is -14.0. The van der Waals surface area contributed by atoms with Crippen LogP contribution in [-0.2, 0) is 0 Å². The van der Waals surface area contributed by atoms with E-state index in [1.54, 1.807) is 0 Å². The Morgan fingerprint density at radius 3 is 0.725 bits per heavy atom. The van der Waals surface area contributed by atoms with Gasteiger partial charge in [-0.3, -0.25) is 18.3 Å².